The van der Waals surface area contributed by atoms with Gasteiger partial charge in [-0.05, 0) is 105 Å². The van der Waals surface area contributed by atoms with Crippen LogP contribution in [0.25, 0.3) is 39.3 Å². The lowest BCUT2D eigenvalue weighted by molar-refractivity contribution is -0.237. The molecule has 0 aromatic carbocycles. The summed E-state index contributed by atoms with van der Waals surface area (Å²) in [6.45, 7) is 21.8. The van der Waals surface area contributed by atoms with Crippen molar-refractivity contribution in [3.05, 3.63) is 75.9 Å². The Labute approximate surface area is 390 Å². The van der Waals surface area contributed by atoms with Gasteiger partial charge in [-0.3, -0.25) is 29.0 Å². The van der Waals surface area contributed by atoms with E-state index in [4.69, 9.17) is 33.7 Å². The molecule has 354 valence electrons. The van der Waals surface area contributed by atoms with Gasteiger partial charge < -0.3 is 38.6 Å². The summed E-state index contributed by atoms with van der Waals surface area (Å²) < 4.78 is 28.1. The first-order valence-electron chi connectivity index (χ1n) is 22.5. The molecule has 0 saturated carbocycles. The van der Waals surface area contributed by atoms with Crippen molar-refractivity contribution in [2.45, 2.75) is 137 Å². The number of nitrogens with one attached hydrogen (secondary N) is 2. The third-order valence-corrected chi connectivity index (χ3v) is 13.9. The number of allylic oxidation sites excluding steroid dienone is 2. The molecule has 0 spiro atoms. The Kier molecular flexibility index (Phi) is 16.0. The van der Waals surface area contributed by atoms with Gasteiger partial charge in [0.15, 0.2) is 18.3 Å². The fourth-order valence-electron chi connectivity index (χ4n) is 9.09. The van der Waals surface area contributed by atoms with Crippen LogP contribution in [-0.2, 0) is 47.7 Å². The van der Waals surface area contributed by atoms with Crippen LogP contribution in [0.4, 0.5) is 0 Å². The van der Waals surface area contributed by atoms with Crippen LogP contribution in [-0.4, -0.2) is 110 Å². The standard InChI is InChI=1S/C50H63N5O10S/c1-13-34-27(5)40-23-43-35(14-2)26(4)39(52-43)22-41-28(6)36(46(54-41)29(7)38-20-25(3)37(51-38)21-42(34)53-40)16-17-45(60)55(12)18-15-19-66-50-49(64-33(11)59)48(63-32(10)58)47(62-31(9)57)44(65-50)24-61-30(8)56/h14,20-23,28,36,44,47-52H,2,13,15-19,24H2,1,3-12H3/t28-,36-,44+,47+,48-,49-,50+/m0/s1. The highest BCUT2D eigenvalue weighted by Crippen LogP contribution is 2.42. The van der Waals surface area contributed by atoms with E-state index in [1.54, 1.807) is 11.9 Å². The quantitative estimate of drug-likeness (QED) is 0.0838. The molecule has 6 heterocycles. The zero-order valence-electron chi connectivity index (χ0n) is 39.9. The van der Waals surface area contributed by atoms with Crippen LogP contribution in [0.5, 0.6) is 0 Å². The summed E-state index contributed by atoms with van der Waals surface area (Å²) in [4.78, 5) is 81.7. The second-order valence-electron chi connectivity index (χ2n) is 17.3. The molecule has 1 amide bonds. The third kappa shape index (κ3) is 11.1. The number of H-pyrrole nitrogens is 2. The molecule has 15 nitrogen and oxygen atoms in total. The third-order valence-electron chi connectivity index (χ3n) is 12.6. The van der Waals surface area contributed by atoms with Crippen LogP contribution in [0.2, 0.25) is 0 Å². The van der Waals surface area contributed by atoms with E-state index in [0.29, 0.717) is 31.6 Å². The van der Waals surface area contributed by atoms with Gasteiger partial charge >= 0.3 is 23.9 Å². The molecule has 8 bridgehead atoms. The van der Waals surface area contributed by atoms with E-state index >= 15 is 0 Å². The molecule has 7 atom stereocenters. The first kappa shape index (κ1) is 49.7. The fraction of sp³-hybridized carbons (Fsp3) is 0.500. The number of hydrogen-bond donors (Lipinski definition) is 2. The molecule has 3 aromatic heterocycles. The summed E-state index contributed by atoms with van der Waals surface area (Å²) in [5.41, 5.74) is 13.3. The van der Waals surface area contributed by atoms with Gasteiger partial charge in [-0.1, -0.05) is 26.5 Å². The highest BCUT2D eigenvalue weighted by molar-refractivity contribution is 7.99. The molecule has 3 aliphatic rings. The summed E-state index contributed by atoms with van der Waals surface area (Å²) in [6, 6.07) is 8.55. The van der Waals surface area contributed by atoms with Gasteiger partial charge in [0.1, 0.15) is 18.1 Å². The molecule has 1 saturated heterocycles. The zero-order chi connectivity index (χ0) is 48.1. The van der Waals surface area contributed by atoms with Crippen molar-refractivity contribution in [3.8, 4) is 0 Å². The lowest BCUT2D eigenvalue weighted by Gasteiger charge is -2.44. The number of carbonyl (C=O) groups excluding carboxylic acids is 5. The molecule has 0 radical (unpaired) electrons. The van der Waals surface area contributed by atoms with E-state index in [0.717, 1.165) is 79.1 Å². The smallest absolute Gasteiger partial charge is 0.303 e. The van der Waals surface area contributed by atoms with E-state index in [1.165, 1.54) is 45.0 Å². The maximum absolute atomic E-state index is 13.8. The number of amides is 1. The van der Waals surface area contributed by atoms with Crippen molar-refractivity contribution in [2.75, 3.05) is 26.0 Å². The van der Waals surface area contributed by atoms with E-state index in [9.17, 15) is 24.0 Å². The Balaban J connectivity index is 1.21. The molecular formula is C50H63N5O10S. The number of fused-ring (bicyclic) bond motifs is 8. The summed E-state index contributed by atoms with van der Waals surface area (Å²) in [7, 11) is 1.78. The lowest BCUT2D eigenvalue weighted by atomic mass is 9.86. The molecule has 0 aliphatic carbocycles. The van der Waals surface area contributed by atoms with Gasteiger partial charge in [-0.25, -0.2) is 4.98 Å². The minimum absolute atomic E-state index is 0.0133. The van der Waals surface area contributed by atoms with Gasteiger partial charge in [-0.2, -0.15) is 0 Å². The van der Waals surface area contributed by atoms with Gasteiger partial charge in [-0.15, -0.1) is 11.8 Å². The molecule has 3 aliphatic heterocycles. The monoisotopic (exact) mass is 925 g/mol. The lowest BCUT2D eigenvalue weighted by Crippen LogP contribution is -2.61. The van der Waals surface area contributed by atoms with Crippen molar-refractivity contribution in [1.29, 1.82) is 0 Å². The highest BCUT2D eigenvalue weighted by atomic mass is 32.2. The van der Waals surface area contributed by atoms with Crippen LogP contribution in [0.3, 0.4) is 0 Å². The minimum atomic E-state index is -1.24. The number of thioether (sulfide) groups is 1. The van der Waals surface area contributed by atoms with Crippen molar-refractivity contribution >= 4 is 80.8 Å². The van der Waals surface area contributed by atoms with Crippen molar-refractivity contribution in [3.63, 3.8) is 0 Å². The Morgan fingerprint density at radius 3 is 2.11 bits per heavy atom. The van der Waals surface area contributed by atoms with Crippen LogP contribution in [0.15, 0.2) is 30.8 Å². The normalized spacial score (nSPS) is 21.5. The number of aromatic amines is 2. The van der Waals surface area contributed by atoms with Gasteiger partial charge in [0, 0.05) is 98.6 Å². The van der Waals surface area contributed by atoms with Crippen molar-refractivity contribution in [1.82, 2.24) is 24.8 Å². The van der Waals surface area contributed by atoms with Crippen molar-refractivity contribution in [2.24, 2.45) is 0 Å². The second kappa shape index (κ2) is 21.3. The average molecular weight is 926 g/mol. The first-order chi connectivity index (χ1) is 31.3. The molecule has 16 heteroatoms. The molecule has 6 rings (SSSR count). The Morgan fingerprint density at radius 1 is 0.818 bits per heavy atom. The zero-order valence-corrected chi connectivity index (χ0v) is 40.7. The Morgan fingerprint density at radius 2 is 1.45 bits per heavy atom. The number of esters is 4. The van der Waals surface area contributed by atoms with E-state index in [-0.39, 0.29) is 24.3 Å². The van der Waals surface area contributed by atoms with E-state index in [2.05, 4.69) is 82.4 Å². The number of ether oxygens (including phenoxy) is 5. The van der Waals surface area contributed by atoms with Crippen LogP contribution < -0.4 is 0 Å². The van der Waals surface area contributed by atoms with Crippen molar-refractivity contribution < 1.29 is 47.7 Å². The molecule has 1 fully saturated rings. The number of carbonyl (C=O) groups is 5. The summed E-state index contributed by atoms with van der Waals surface area (Å²) in [6.07, 6.45) is -0.486. The van der Waals surface area contributed by atoms with Gasteiger partial charge in [0.2, 0.25) is 5.91 Å². The van der Waals surface area contributed by atoms with Gasteiger partial charge in [0.25, 0.3) is 0 Å². The number of rotatable bonds is 15. The van der Waals surface area contributed by atoms with E-state index < -0.39 is 53.7 Å². The highest BCUT2D eigenvalue weighted by Gasteiger charge is 2.52. The van der Waals surface area contributed by atoms with Crippen LogP contribution in [0, 0.1) is 20.8 Å². The summed E-state index contributed by atoms with van der Waals surface area (Å²) in [5, 5.41) is 0. The SMILES string of the molecule is C=Cc1c(C)c2cc3nc(c(C)c4cc(C)c(cc5nc(cc1[nH]2)C(C)=C5CC)[nH]4)[C@@H](CCC(=O)N(C)CCCS[C@H]1O[C@H](COC(C)=O)[C@@H](OC(C)=O)[C@H](OC(C)=O)[C@@H]1OC(C)=O)[C@@H]3C. The number of hydrogen-bond acceptors (Lipinski definition) is 13. The maximum Gasteiger partial charge on any atom is 0.303 e. The molecule has 0 unspecified atom stereocenters. The fourth-order valence-corrected chi connectivity index (χ4v) is 10.2. The second-order valence-corrected chi connectivity index (χ2v) is 18.5. The molecule has 3 aromatic rings. The predicted molar refractivity (Wildman–Crippen MR) is 255 cm³/mol. The maximum atomic E-state index is 13.8. The number of nitrogens with zero attached hydrogens (tertiary/aromatic N) is 3. The summed E-state index contributed by atoms with van der Waals surface area (Å²) >= 11 is 1.29. The predicted octanol–water partition coefficient (Wildman–Crippen LogP) is 8.56. The largest absolute Gasteiger partial charge is 0.463 e. The number of aromatic nitrogens is 4. The van der Waals surface area contributed by atoms with Crippen LogP contribution in [0.1, 0.15) is 131 Å². The Hall–Kier alpha value is -5.74. The van der Waals surface area contributed by atoms with Crippen LogP contribution >= 0.6 is 11.8 Å². The number of aryl methyl sites for hydroxylation is 3. The van der Waals surface area contributed by atoms with Gasteiger partial charge in [0.05, 0.1) is 11.4 Å². The summed E-state index contributed by atoms with van der Waals surface area (Å²) in [5.74, 6) is -2.22. The average Bonchev–Trinajstić information content (AvgIpc) is 3.96. The Bertz CT molecular complexity index is 2600. The first-order valence-corrected chi connectivity index (χ1v) is 23.6. The molecule has 66 heavy (non-hydrogen) atoms. The molecular weight excluding hydrogens is 863 g/mol. The minimum Gasteiger partial charge on any atom is -0.463 e. The van der Waals surface area contributed by atoms with E-state index in [1.807, 2.05) is 6.08 Å². The topological polar surface area (TPSA) is 192 Å². The molecule has 2 N–H and O–H groups in total.